The number of nitrogens with one attached hydrogen (secondary N) is 1. The lowest BCUT2D eigenvalue weighted by molar-refractivity contribution is -0.140. The van der Waals surface area contributed by atoms with E-state index in [1.165, 1.54) is 63.7 Å². The summed E-state index contributed by atoms with van der Waals surface area (Å²) in [6, 6.07) is 24.1. The highest BCUT2D eigenvalue weighted by atomic mass is 35.5. The van der Waals surface area contributed by atoms with Crippen LogP contribution in [0, 0.1) is 0 Å². The number of halogens is 1. The van der Waals surface area contributed by atoms with Gasteiger partial charge in [-0.15, -0.1) is 0 Å². The summed E-state index contributed by atoms with van der Waals surface area (Å²) < 4.78 is 51.8. The molecule has 0 spiro atoms. The topological polar surface area (TPSA) is 124 Å². The number of hydrogen-bond acceptors (Lipinski definition) is 8. The fraction of sp³-hybridized carbons (Fsp3) is 0.297. The predicted molar refractivity (Wildman–Crippen MR) is 193 cm³/mol. The van der Waals surface area contributed by atoms with Crippen LogP contribution < -0.4 is 28.6 Å². The van der Waals surface area contributed by atoms with E-state index in [1.54, 1.807) is 24.3 Å². The molecule has 1 atom stereocenters. The van der Waals surface area contributed by atoms with Crippen molar-refractivity contribution in [1.29, 1.82) is 0 Å². The first-order chi connectivity index (χ1) is 24.1. The summed E-state index contributed by atoms with van der Waals surface area (Å²) in [6.45, 7) is 1.60. The second kappa shape index (κ2) is 17.6. The molecule has 0 aromatic heterocycles. The second-order valence-electron chi connectivity index (χ2n) is 11.2. The summed E-state index contributed by atoms with van der Waals surface area (Å²) in [5.74, 6) is 0.195. The number of amides is 2. The van der Waals surface area contributed by atoms with Gasteiger partial charge in [0.2, 0.25) is 11.8 Å². The molecule has 0 radical (unpaired) electrons. The molecule has 50 heavy (non-hydrogen) atoms. The van der Waals surface area contributed by atoms with E-state index in [0.717, 1.165) is 9.87 Å². The first kappa shape index (κ1) is 37.9. The molecule has 0 saturated carbocycles. The highest BCUT2D eigenvalue weighted by Crippen LogP contribution is 2.37. The van der Waals surface area contributed by atoms with E-state index in [1.807, 2.05) is 43.3 Å². The molecule has 4 rings (SSSR count). The van der Waals surface area contributed by atoms with Gasteiger partial charge in [-0.25, -0.2) is 8.42 Å². The number of rotatable bonds is 17. The molecule has 0 fully saturated rings. The van der Waals surface area contributed by atoms with Crippen LogP contribution in [0.4, 0.5) is 5.69 Å². The Bertz CT molecular complexity index is 1870. The number of methoxy groups -OCH3 is 4. The van der Waals surface area contributed by atoms with Crippen LogP contribution in [0.25, 0.3) is 0 Å². The molecule has 4 aromatic carbocycles. The minimum absolute atomic E-state index is 0.0238. The normalized spacial score (nSPS) is 11.6. The van der Waals surface area contributed by atoms with E-state index in [9.17, 15) is 18.0 Å². The molecule has 11 nitrogen and oxygen atoms in total. The van der Waals surface area contributed by atoms with E-state index in [-0.39, 0.29) is 46.0 Å². The van der Waals surface area contributed by atoms with E-state index in [0.29, 0.717) is 30.0 Å². The lowest BCUT2D eigenvalue weighted by Crippen LogP contribution is -2.53. The van der Waals surface area contributed by atoms with Crippen LogP contribution in [0.1, 0.15) is 24.5 Å². The molecule has 4 aromatic rings. The maximum Gasteiger partial charge on any atom is 0.265 e. The van der Waals surface area contributed by atoms with Crippen LogP contribution in [0.15, 0.2) is 95.9 Å². The first-order valence-electron chi connectivity index (χ1n) is 15.9. The van der Waals surface area contributed by atoms with Gasteiger partial charge in [0.1, 0.15) is 24.1 Å². The Morgan fingerprint density at radius 2 is 1.46 bits per heavy atom. The highest BCUT2D eigenvalue weighted by Gasteiger charge is 2.36. The molecule has 0 saturated heterocycles. The van der Waals surface area contributed by atoms with Crippen molar-refractivity contribution in [3.63, 3.8) is 0 Å². The molecule has 0 unspecified atom stereocenters. The third-order valence-electron chi connectivity index (χ3n) is 7.94. The van der Waals surface area contributed by atoms with Crippen molar-refractivity contribution in [3.8, 4) is 23.0 Å². The average Bonchev–Trinajstić information content (AvgIpc) is 3.14. The minimum atomic E-state index is -4.50. The number of sulfonamides is 1. The van der Waals surface area contributed by atoms with Crippen molar-refractivity contribution in [1.82, 2.24) is 10.2 Å². The molecule has 1 N–H and O–H groups in total. The fourth-order valence-corrected chi connectivity index (χ4v) is 6.96. The van der Waals surface area contributed by atoms with Crippen molar-refractivity contribution in [2.45, 2.75) is 37.2 Å². The summed E-state index contributed by atoms with van der Waals surface area (Å²) in [7, 11) is 1.25. The first-order valence-corrected chi connectivity index (χ1v) is 17.7. The van der Waals surface area contributed by atoms with Gasteiger partial charge < -0.3 is 29.2 Å². The molecule has 0 aliphatic rings. The van der Waals surface area contributed by atoms with Crippen molar-refractivity contribution in [3.05, 3.63) is 107 Å². The van der Waals surface area contributed by atoms with Crippen molar-refractivity contribution < 1.29 is 37.0 Å². The van der Waals surface area contributed by atoms with Gasteiger partial charge in [-0.3, -0.25) is 13.9 Å². The minimum Gasteiger partial charge on any atom is -0.497 e. The standard InChI is InChI=1S/C37H42ClN3O8S/c1-6-19-39-37(43)32(21-26-11-8-7-9-12-26)40(24-27-13-10-14-29(20-27)46-2)36(42)25-41(31-22-28(38)15-17-33(31)47-3)50(44,45)30-16-18-34(48-4)35(23-30)49-5/h7-18,20,22-23,32H,6,19,21,24-25H2,1-5H3,(H,39,43)/t32-/m1/s1. The van der Waals surface area contributed by atoms with E-state index in [2.05, 4.69) is 5.32 Å². The number of carbonyl (C=O) groups excluding carboxylic acids is 2. The van der Waals surface area contributed by atoms with Gasteiger partial charge in [0, 0.05) is 30.6 Å². The SMILES string of the molecule is CCCNC(=O)[C@@H](Cc1ccccc1)N(Cc1cccc(OC)c1)C(=O)CN(c1cc(Cl)ccc1OC)S(=O)(=O)c1ccc(OC)c(OC)c1. The van der Waals surface area contributed by atoms with Crippen LogP contribution in [0.2, 0.25) is 5.02 Å². The number of benzene rings is 4. The maximum atomic E-state index is 14.8. The lowest BCUT2D eigenvalue weighted by Gasteiger charge is -2.34. The monoisotopic (exact) mass is 723 g/mol. The van der Waals surface area contributed by atoms with Crippen LogP contribution in [-0.2, 0) is 32.6 Å². The summed E-state index contributed by atoms with van der Waals surface area (Å²) in [4.78, 5) is 29.9. The number of anilines is 1. The average molecular weight is 724 g/mol. The van der Waals surface area contributed by atoms with Gasteiger partial charge in [0.25, 0.3) is 10.0 Å². The molecule has 0 bridgehead atoms. The number of ether oxygens (including phenoxy) is 4. The largest absolute Gasteiger partial charge is 0.497 e. The summed E-state index contributed by atoms with van der Waals surface area (Å²) in [5.41, 5.74) is 1.52. The molecule has 13 heteroatoms. The third-order valence-corrected chi connectivity index (χ3v) is 9.93. The smallest absolute Gasteiger partial charge is 0.265 e. The second-order valence-corrected chi connectivity index (χ2v) is 13.5. The van der Waals surface area contributed by atoms with E-state index < -0.39 is 28.5 Å². The Balaban J connectivity index is 1.88. The van der Waals surface area contributed by atoms with Crippen LogP contribution in [0.3, 0.4) is 0 Å². The van der Waals surface area contributed by atoms with Crippen LogP contribution >= 0.6 is 11.6 Å². The zero-order chi connectivity index (χ0) is 36.3. The number of nitrogens with zero attached hydrogens (tertiary/aromatic N) is 2. The third kappa shape index (κ3) is 9.19. The zero-order valence-electron chi connectivity index (χ0n) is 28.7. The number of carbonyl (C=O) groups is 2. The number of hydrogen-bond donors (Lipinski definition) is 1. The van der Waals surface area contributed by atoms with Gasteiger partial charge in [-0.2, -0.15) is 0 Å². The molecule has 266 valence electrons. The van der Waals surface area contributed by atoms with Crippen LogP contribution in [0.5, 0.6) is 23.0 Å². The van der Waals surface area contributed by atoms with Crippen molar-refractivity contribution >= 4 is 39.1 Å². The Hall–Kier alpha value is -4.94. The summed E-state index contributed by atoms with van der Waals surface area (Å²) in [5, 5.41) is 3.15. The van der Waals surface area contributed by atoms with Gasteiger partial charge >= 0.3 is 0 Å². The molecule has 0 aliphatic heterocycles. The molecule has 0 heterocycles. The molecular weight excluding hydrogens is 682 g/mol. The fourth-order valence-electron chi connectivity index (χ4n) is 5.36. The summed E-state index contributed by atoms with van der Waals surface area (Å²) >= 11 is 6.39. The van der Waals surface area contributed by atoms with E-state index in [4.69, 9.17) is 30.5 Å². The summed E-state index contributed by atoms with van der Waals surface area (Å²) in [6.07, 6.45) is 0.856. The Kier molecular flexibility index (Phi) is 13.4. The van der Waals surface area contributed by atoms with E-state index >= 15 is 0 Å². The quantitative estimate of drug-likeness (QED) is 0.147. The van der Waals surface area contributed by atoms with Gasteiger partial charge in [-0.05, 0) is 60.0 Å². The molecule has 0 aliphatic carbocycles. The lowest BCUT2D eigenvalue weighted by atomic mass is 10.0. The van der Waals surface area contributed by atoms with Crippen molar-refractivity contribution in [2.75, 3.05) is 45.8 Å². The van der Waals surface area contributed by atoms with Gasteiger partial charge in [0.15, 0.2) is 11.5 Å². The Morgan fingerprint density at radius 1 is 0.780 bits per heavy atom. The van der Waals surface area contributed by atoms with Gasteiger partial charge in [0.05, 0.1) is 39.0 Å². The molecule has 2 amide bonds. The van der Waals surface area contributed by atoms with Crippen molar-refractivity contribution in [2.24, 2.45) is 0 Å². The maximum absolute atomic E-state index is 14.8. The van der Waals surface area contributed by atoms with Crippen LogP contribution in [-0.4, -0.2) is 72.7 Å². The van der Waals surface area contributed by atoms with Gasteiger partial charge in [-0.1, -0.05) is 61.0 Å². The zero-order valence-corrected chi connectivity index (χ0v) is 30.3. The Labute approximate surface area is 298 Å². The molecular formula is C37H42ClN3O8S. The Morgan fingerprint density at radius 3 is 2.12 bits per heavy atom. The predicted octanol–water partition coefficient (Wildman–Crippen LogP) is 5.74. The highest BCUT2D eigenvalue weighted by molar-refractivity contribution is 7.92.